The maximum absolute atomic E-state index is 12.8. The fraction of sp³-hybridized carbons (Fsp3) is 0.222. The Morgan fingerprint density at radius 3 is 2.43 bits per heavy atom. The summed E-state index contributed by atoms with van der Waals surface area (Å²) in [6, 6.07) is 9.15. The SMILES string of the molecule is Cc1nn(Cc2ccccc2Cl)c2sc(C(=O)N(CC(N)=O)CC(N)=O)cc12. The second-order valence-electron chi connectivity index (χ2n) is 6.26. The summed E-state index contributed by atoms with van der Waals surface area (Å²) < 4.78 is 1.78. The van der Waals surface area contributed by atoms with Crippen molar-refractivity contribution in [1.29, 1.82) is 0 Å². The van der Waals surface area contributed by atoms with E-state index in [2.05, 4.69) is 5.10 Å². The van der Waals surface area contributed by atoms with Crippen molar-refractivity contribution < 1.29 is 14.4 Å². The fourth-order valence-electron chi connectivity index (χ4n) is 2.84. The molecule has 0 bridgehead atoms. The number of hydrogen-bond acceptors (Lipinski definition) is 5. The molecule has 3 amide bonds. The van der Waals surface area contributed by atoms with Gasteiger partial charge in [-0.05, 0) is 24.6 Å². The zero-order chi connectivity index (χ0) is 20.4. The molecule has 1 aromatic carbocycles. The number of benzene rings is 1. The average molecular weight is 420 g/mol. The van der Waals surface area contributed by atoms with E-state index in [0.29, 0.717) is 16.4 Å². The number of aryl methyl sites for hydroxylation is 1. The van der Waals surface area contributed by atoms with Gasteiger partial charge in [0, 0.05) is 10.4 Å². The Morgan fingerprint density at radius 1 is 1.18 bits per heavy atom. The van der Waals surface area contributed by atoms with E-state index in [0.717, 1.165) is 26.4 Å². The van der Waals surface area contributed by atoms with Crippen molar-refractivity contribution in [3.05, 3.63) is 51.5 Å². The van der Waals surface area contributed by atoms with Crippen LogP contribution in [0.2, 0.25) is 5.02 Å². The summed E-state index contributed by atoms with van der Waals surface area (Å²) in [6.45, 7) is 1.52. The van der Waals surface area contributed by atoms with E-state index in [-0.39, 0.29) is 13.1 Å². The van der Waals surface area contributed by atoms with Gasteiger partial charge in [0.15, 0.2) is 0 Å². The molecule has 0 fully saturated rings. The van der Waals surface area contributed by atoms with Crippen LogP contribution in [0.5, 0.6) is 0 Å². The van der Waals surface area contributed by atoms with Crippen LogP contribution in [-0.2, 0) is 16.1 Å². The summed E-state index contributed by atoms with van der Waals surface area (Å²) in [5, 5.41) is 5.97. The van der Waals surface area contributed by atoms with Crippen molar-refractivity contribution >= 4 is 50.9 Å². The van der Waals surface area contributed by atoms with Crippen molar-refractivity contribution in [3.63, 3.8) is 0 Å². The number of amides is 3. The zero-order valence-corrected chi connectivity index (χ0v) is 16.6. The molecule has 0 saturated carbocycles. The fourth-order valence-corrected chi connectivity index (χ4v) is 4.17. The third-order valence-corrected chi connectivity index (χ3v) is 5.58. The molecule has 0 aliphatic rings. The molecule has 10 heteroatoms. The molecule has 3 aromatic rings. The maximum atomic E-state index is 12.8. The molecule has 0 atom stereocenters. The molecule has 8 nitrogen and oxygen atoms in total. The first kappa shape index (κ1) is 19.8. The number of hydrogen-bond donors (Lipinski definition) is 2. The molecule has 0 unspecified atom stereocenters. The number of carbonyl (C=O) groups is 3. The molecule has 4 N–H and O–H groups in total. The number of primary amides is 2. The Kier molecular flexibility index (Phi) is 5.66. The van der Waals surface area contributed by atoms with Crippen molar-refractivity contribution in [3.8, 4) is 0 Å². The van der Waals surface area contributed by atoms with Gasteiger partial charge in [-0.25, -0.2) is 0 Å². The molecule has 0 aliphatic carbocycles. The van der Waals surface area contributed by atoms with Crippen LogP contribution in [0.4, 0.5) is 0 Å². The van der Waals surface area contributed by atoms with Gasteiger partial charge in [0.25, 0.3) is 5.91 Å². The Morgan fingerprint density at radius 2 is 1.82 bits per heavy atom. The molecule has 2 heterocycles. The van der Waals surface area contributed by atoms with Crippen LogP contribution in [0.1, 0.15) is 20.9 Å². The van der Waals surface area contributed by atoms with Crippen molar-refractivity contribution in [2.45, 2.75) is 13.5 Å². The molecule has 3 rings (SSSR count). The van der Waals surface area contributed by atoms with Crippen LogP contribution in [0.25, 0.3) is 10.2 Å². The van der Waals surface area contributed by atoms with Crippen LogP contribution in [0.3, 0.4) is 0 Å². The second-order valence-corrected chi connectivity index (χ2v) is 7.70. The van der Waals surface area contributed by atoms with E-state index in [4.69, 9.17) is 23.1 Å². The molecule has 0 aliphatic heterocycles. The number of aromatic nitrogens is 2. The Hall–Kier alpha value is -2.91. The standard InChI is InChI=1S/C18H18ClN5O3S/c1-10-12-6-14(17(27)23(8-15(20)25)9-16(21)26)28-18(12)24(22-10)7-11-4-2-3-5-13(11)19/h2-6H,7-9H2,1H3,(H2,20,25)(H2,21,26). The van der Waals surface area contributed by atoms with Gasteiger partial charge < -0.3 is 16.4 Å². The maximum Gasteiger partial charge on any atom is 0.264 e. The first-order valence-corrected chi connectivity index (χ1v) is 9.52. The monoisotopic (exact) mass is 419 g/mol. The highest BCUT2D eigenvalue weighted by molar-refractivity contribution is 7.20. The normalized spacial score (nSPS) is 10.9. The highest BCUT2D eigenvalue weighted by Crippen LogP contribution is 2.30. The molecule has 146 valence electrons. The lowest BCUT2D eigenvalue weighted by Gasteiger charge is -2.18. The van der Waals surface area contributed by atoms with Gasteiger partial charge in [0.05, 0.1) is 17.1 Å². The molecular weight excluding hydrogens is 402 g/mol. The van der Waals surface area contributed by atoms with Crippen LogP contribution in [0, 0.1) is 6.92 Å². The summed E-state index contributed by atoms with van der Waals surface area (Å²) in [5.41, 5.74) is 12.0. The first-order valence-electron chi connectivity index (χ1n) is 8.32. The molecule has 28 heavy (non-hydrogen) atoms. The van der Waals surface area contributed by atoms with E-state index >= 15 is 0 Å². The molecule has 0 radical (unpaired) electrons. The Balaban J connectivity index is 1.95. The van der Waals surface area contributed by atoms with E-state index < -0.39 is 17.7 Å². The number of thiophene rings is 1. The van der Waals surface area contributed by atoms with E-state index in [1.807, 2.05) is 25.1 Å². The molecule has 2 aromatic heterocycles. The second kappa shape index (κ2) is 7.99. The van der Waals surface area contributed by atoms with E-state index in [1.165, 1.54) is 11.3 Å². The minimum Gasteiger partial charge on any atom is -0.368 e. The van der Waals surface area contributed by atoms with Crippen LogP contribution < -0.4 is 11.5 Å². The lowest BCUT2D eigenvalue weighted by atomic mass is 10.2. The highest BCUT2D eigenvalue weighted by Gasteiger charge is 2.23. The summed E-state index contributed by atoms with van der Waals surface area (Å²) in [6.07, 6.45) is 0. The summed E-state index contributed by atoms with van der Waals surface area (Å²) in [5.74, 6) is -1.93. The van der Waals surface area contributed by atoms with Crippen LogP contribution in [-0.4, -0.2) is 45.5 Å². The summed E-state index contributed by atoms with van der Waals surface area (Å²) >= 11 is 7.46. The zero-order valence-electron chi connectivity index (χ0n) is 15.0. The highest BCUT2D eigenvalue weighted by atomic mass is 35.5. The minimum atomic E-state index is -0.725. The molecule has 0 spiro atoms. The summed E-state index contributed by atoms with van der Waals surface area (Å²) in [4.78, 5) is 37.5. The Labute approximate surface area is 169 Å². The van der Waals surface area contributed by atoms with Gasteiger partial charge in [-0.2, -0.15) is 5.10 Å². The smallest absolute Gasteiger partial charge is 0.264 e. The quantitative estimate of drug-likeness (QED) is 0.602. The number of fused-ring (bicyclic) bond motifs is 1. The molecule has 0 saturated heterocycles. The average Bonchev–Trinajstić information content (AvgIpc) is 3.16. The minimum absolute atomic E-state index is 0.367. The number of nitrogens with two attached hydrogens (primary N) is 2. The van der Waals surface area contributed by atoms with Gasteiger partial charge in [0.1, 0.15) is 17.9 Å². The lowest BCUT2D eigenvalue weighted by Crippen LogP contribution is -2.43. The van der Waals surface area contributed by atoms with Gasteiger partial charge in [-0.3, -0.25) is 19.1 Å². The largest absolute Gasteiger partial charge is 0.368 e. The van der Waals surface area contributed by atoms with Gasteiger partial charge >= 0.3 is 0 Å². The summed E-state index contributed by atoms with van der Waals surface area (Å²) in [7, 11) is 0. The van der Waals surface area contributed by atoms with Crippen molar-refractivity contribution in [2.75, 3.05) is 13.1 Å². The van der Waals surface area contributed by atoms with Crippen molar-refractivity contribution in [1.82, 2.24) is 14.7 Å². The number of rotatable bonds is 7. The van der Waals surface area contributed by atoms with Gasteiger partial charge in [-0.1, -0.05) is 29.8 Å². The van der Waals surface area contributed by atoms with E-state index in [9.17, 15) is 14.4 Å². The van der Waals surface area contributed by atoms with Crippen LogP contribution in [0.15, 0.2) is 30.3 Å². The van der Waals surface area contributed by atoms with Gasteiger partial charge in [0.2, 0.25) is 11.8 Å². The van der Waals surface area contributed by atoms with Crippen LogP contribution >= 0.6 is 22.9 Å². The number of halogens is 1. The Bertz CT molecular complexity index is 1060. The third-order valence-electron chi connectivity index (χ3n) is 4.08. The third kappa shape index (κ3) is 4.15. The van der Waals surface area contributed by atoms with Gasteiger partial charge in [-0.15, -0.1) is 11.3 Å². The molecular formula is C18H18ClN5O3S. The lowest BCUT2D eigenvalue weighted by molar-refractivity contribution is -0.121. The predicted octanol–water partition coefficient (Wildman–Crippen LogP) is 1.52. The van der Waals surface area contributed by atoms with E-state index in [1.54, 1.807) is 16.8 Å². The van der Waals surface area contributed by atoms with Crippen molar-refractivity contribution in [2.24, 2.45) is 11.5 Å². The topological polar surface area (TPSA) is 124 Å². The number of carbonyl (C=O) groups excluding carboxylic acids is 3. The number of nitrogens with zero attached hydrogens (tertiary/aromatic N) is 3. The first-order chi connectivity index (χ1) is 13.3. The predicted molar refractivity (Wildman–Crippen MR) is 107 cm³/mol.